The fourth-order valence-corrected chi connectivity index (χ4v) is 2.89. The van der Waals surface area contributed by atoms with Crippen molar-refractivity contribution in [1.82, 2.24) is 15.2 Å². The fraction of sp³-hybridized carbons (Fsp3) is 0.615. The zero-order valence-corrected chi connectivity index (χ0v) is 11.9. The van der Waals surface area contributed by atoms with E-state index in [1.807, 2.05) is 0 Å². The van der Waals surface area contributed by atoms with Crippen LogP contribution in [0, 0.1) is 0 Å². The third-order valence-electron chi connectivity index (χ3n) is 3.16. The van der Waals surface area contributed by atoms with E-state index in [1.165, 1.54) is 0 Å². The van der Waals surface area contributed by atoms with E-state index in [2.05, 4.69) is 34.4 Å². The van der Waals surface area contributed by atoms with Gasteiger partial charge in [0.1, 0.15) is 0 Å². The lowest BCUT2D eigenvalue weighted by atomic mass is 10.1. The molecule has 0 radical (unpaired) electrons. The standard InChI is InChI=1S/C13H17N3O2S/c1-8(2)13-14-10(7-19-13)5-11-15-16-12(18-11)9-3-4-17-6-9/h7-9H,3-6H2,1-2H3. The average Bonchev–Trinajstić information content (AvgIpc) is 3.09. The summed E-state index contributed by atoms with van der Waals surface area (Å²) in [5.41, 5.74) is 1.01. The van der Waals surface area contributed by atoms with Gasteiger partial charge in [0, 0.05) is 17.9 Å². The van der Waals surface area contributed by atoms with Gasteiger partial charge in [-0.15, -0.1) is 21.5 Å². The van der Waals surface area contributed by atoms with Crippen LogP contribution in [0.2, 0.25) is 0 Å². The Hall–Kier alpha value is -1.27. The van der Waals surface area contributed by atoms with Crippen molar-refractivity contribution >= 4 is 11.3 Å². The van der Waals surface area contributed by atoms with Gasteiger partial charge in [0.05, 0.1) is 29.6 Å². The molecule has 1 fully saturated rings. The smallest absolute Gasteiger partial charge is 0.222 e. The van der Waals surface area contributed by atoms with Gasteiger partial charge in [-0.2, -0.15) is 0 Å². The first-order valence-electron chi connectivity index (χ1n) is 6.56. The molecule has 19 heavy (non-hydrogen) atoms. The molecule has 102 valence electrons. The maximum atomic E-state index is 5.70. The van der Waals surface area contributed by atoms with Crippen LogP contribution in [0.4, 0.5) is 0 Å². The first kappa shape index (κ1) is 12.7. The predicted molar refractivity (Wildman–Crippen MR) is 71.5 cm³/mol. The van der Waals surface area contributed by atoms with Gasteiger partial charge in [0.2, 0.25) is 11.8 Å². The summed E-state index contributed by atoms with van der Waals surface area (Å²) in [6.45, 7) is 5.77. The highest BCUT2D eigenvalue weighted by Crippen LogP contribution is 2.25. The quantitative estimate of drug-likeness (QED) is 0.861. The highest BCUT2D eigenvalue weighted by Gasteiger charge is 2.23. The van der Waals surface area contributed by atoms with E-state index < -0.39 is 0 Å². The van der Waals surface area contributed by atoms with Crippen molar-refractivity contribution in [2.45, 2.75) is 38.5 Å². The van der Waals surface area contributed by atoms with Crippen LogP contribution in [-0.4, -0.2) is 28.4 Å². The second kappa shape index (κ2) is 5.38. The van der Waals surface area contributed by atoms with Gasteiger partial charge in [-0.1, -0.05) is 13.8 Å². The molecule has 3 heterocycles. The Kier molecular flexibility index (Phi) is 3.61. The number of ether oxygens (including phenoxy) is 1. The molecule has 0 aromatic carbocycles. The molecule has 0 N–H and O–H groups in total. The number of hydrogen-bond donors (Lipinski definition) is 0. The third-order valence-corrected chi connectivity index (χ3v) is 4.35. The minimum Gasteiger partial charge on any atom is -0.424 e. The lowest BCUT2D eigenvalue weighted by Gasteiger charge is -1.98. The van der Waals surface area contributed by atoms with E-state index in [9.17, 15) is 0 Å². The minimum atomic E-state index is 0.267. The minimum absolute atomic E-state index is 0.267. The van der Waals surface area contributed by atoms with Crippen LogP contribution < -0.4 is 0 Å². The van der Waals surface area contributed by atoms with E-state index in [1.54, 1.807) is 11.3 Å². The number of hydrogen-bond acceptors (Lipinski definition) is 6. The number of rotatable bonds is 4. The van der Waals surface area contributed by atoms with E-state index in [0.717, 1.165) is 23.7 Å². The van der Waals surface area contributed by atoms with Crippen LogP contribution in [0.25, 0.3) is 0 Å². The molecular formula is C13H17N3O2S. The van der Waals surface area contributed by atoms with Gasteiger partial charge in [0.15, 0.2) is 0 Å². The summed E-state index contributed by atoms with van der Waals surface area (Å²) in [6, 6.07) is 0. The van der Waals surface area contributed by atoms with Crippen LogP contribution in [0.15, 0.2) is 9.80 Å². The van der Waals surface area contributed by atoms with Crippen molar-refractivity contribution in [2.24, 2.45) is 0 Å². The Morgan fingerprint density at radius 3 is 3.00 bits per heavy atom. The molecule has 0 spiro atoms. The van der Waals surface area contributed by atoms with Crippen molar-refractivity contribution in [3.63, 3.8) is 0 Å². The zero-order chi connectivity index (χ0) is 13.2. The summed E-state index contributed by atoms with van der Waals surface area (Å²) < 4.78 is 11.0. The first-order valence-corrected chi connectivity index (χ1v) is 7.44. The van der Waals surface area contributed by atoms with Gasteiger partial charge in [-0.25, -0.2) is 4.98 Å². The summed E-state index contributed by atoms with van der Waals surface area (Å²) in [5, 5.41) is 11.4. The summed E-state index contributed by atoms with van der Waals surface area (Å²) in [7, 11) is 0. The Bertz CT molecular complexity index is 544. The first-order chi connectivity index (χ1) is 9.22. The van der Waals surface area contributed by atoms with Gasteiger partial charge in [-0.3, -0.25) is 0 Å². The number of nitrogens with zero attached hydrogens (tertiary/aromatic N) is 3. The van der Waals surface area contributed by atoms with Crippen molar-refractivity contribution in [2.75, 3.05) is 13.2 Å². The van der Waals surface area contributed by atoms with Crippen LogP contribution >= 0.6 is 11.3 Å². The molecule has 6 heteroatoms. The molecule has 0 bridgehead atoms. The molecule has 1 aliphatic rings. The van der Waals surface area contributed by atoms with Gasteiger partial charge < -0.3 is 9.15 Å². The molecule has 1 atom stereocenters. The van der Waals surface area contributed by atoms with Crippen LogP contribution in [0.5, 0.6) is 0 Å². The lowest BCUT2D eigenvalue weighted by Crippen LogP contribution is -1.97. The van der Waals surface area contributed by atoms with Crippen LogP contribution in [-0.2, 0) is 11.2 Å². The normalized spacial score (nSPS) is 19.4. The Morgan fingerprint density at radius 2 is 2.32 bits per heavy atom. The molecule has 2 aromatic heterocycles. The summed E-state index contributed by atoms with van der Waals surface area (Å²) in [5.74, 6) is 2.07. The van der Waals surface area contributed by atoms with E-state index in [4.69, 9.17) is 9.15 Å². The summed E-state index contributed by atoms with van der Waals surface area (Å²) in [6.07, 6.45) is 1.58. The molecule has 5 nitrogen and oxygen atoms in total. The predicted octanol–water partition coefficient (Wildman–Crippen LogP) is 2.74. The van der Waals surface area contributed by atoms with Crippen molar-refractivity contribution in [3.05, 3.63) is 27.9 Å². The average molecular weight is 279 g/mol. The molecule has 1 aliphatic heterocycles. The summed E-state index contributed by atoms with van der Waals surface area (Å²) in [4.78, 5) is 4.58. The second-order valence-electron chi connectivity index (χ2n) is 5.10. The van der Waals surface area contributed by atoms with Crippen LogP contribution in [0.3, 0.4) is 0 Å². The number of aromatic nitrogens is 3. The summed E-state index contributed by atoms with van der Waals surface area (Å²) >= 11 is 1.69. The maximum Gasteiger partial charge on any atom is 0.222 e. The molecule has 0 amide bonds. The fourth-order valence-electron chi connectivity index (χ4n) is 2.06. The molecular weight excluding hydrogens is 262 g/mol. The molecule has 3 rings (SSSR count). The van der Waals surface area contributed by atoms with Gasteiger partial charge in [-0.05, 0) is 6.42 Å². The highest BCUT2D eigenvalue weighted by molar-refractivity contribution is 7.09. The highest BCUT2D eigenvalue weighted by atomic mass is 32.1. The Labute approximate surface area is 116 Å². The molecule has 2 aromatic rings. The number of thiazole rings is 1. The third kappa shape index (κ3) is 2.84. The maximum absolute atomic E-state index is 5.70. The second-order valence-corrected chi connectivity index (χ2v) is 5.99. The topological polar surface area (TPSA) is 61.0 Å². The zero-order valence-electron chi connectivity index (χ0n) is 11.1. The van der Waals surface area contributed by atoms with Crippen LogP contribution in [0.1, 0.15) is 54.6 Å². The largest absolute Gasteiger partial charge is 0.424 e. The molecule has 1 unspecified atom stereocenters. The van der Waals surface area contributed by atoms with Crippen molar-refractivity contribution in [3.8, 4) is 0 Å². The van der Waals surface area contributed by atoms with Gasteiger partial charge in [0.25, 0.3) is 0 Å². The SMILES string of the molecule is CC(C)c1nc(Cc2nnc(C3CCOC3)o2)cs1. The molecule has 0 saturated carbocycles. The Morgan fingerprint density at radius 1 is 1.42 bits per heavy atom. The van der Waals surface area contributed by atoms with E-state index >= 15 is 0 Å². The monoisotopic (exact) mass is 279 g/mol. The van der Waals surface area contributed by atoms with Gasteiger partial charge >= 0.3 is 0 Å². The van der Waals surface area contributed by atoms with E-state index in [0.29, 0.717) is 30.7 Å². The van der Waals surface area contributed by atoms with Crippen molar-refractivity contribution in [1.29, 1.82) is 0 Å². The van der Waals surface area contributed by atoms with E-state index in [-0.39, 0.29) is 5.92 Å². The molecule has 0 aliphatic carbocycles. The van der Waals surface area contributed by atoms with Crippen molar-refractivity contribution < 1.29 is 9.15 Å². The lowest BCUT2D eigenvalue weighted by molar-refractivity contribution is 0.190. The Balaban J connectivity index is 1.68. The molecule has 1 saturated heterocycles.